The van der Waals surface area contributed by atoms with Gasteiger partial charge in [-0.25, -0.2) is 0 Å². The zero-order valence-corrected chi connectivity index (χ0v) is 13.6. The summed E-state index contributed by atoms with van der Waals surface area (Å²) in [5.74, 6) is -0.0549. The van der Waals surface area contributed by atoms with Crippen molar-refractivity contribution in [2.75, 3.05) is 0 Å². The Balaban J connectivity index is 2.51. The molecule has 2 aromatic rings. The van der Waals surface area contributed by atoms with E-state index < -0.39 is 0 Å². The summed E-state index contributed by atoms with van der Waals surface area (Å²) in [4.78, 5) is 12.2. The second kappa shape index (κ2) is 4.72. The number of halogens is 3. The summed E-state index contributed by atoms with van der Waals surface area (Å²) in [6, 6.07) is 1.80. The fourth-order valence-corrected chi connectivity index (χ4v) is 4.61. The van der Waals surface area contributed by atoms with Crippen molar-refractivity contribution in [1.82, 2.24) is 9.78 Å². The standard InChI is InChI=1S/C9H5Br3N2OS/c1-14-7(5(10)3-13-14)8(15)4-2-6(11)16-9(4)12/h2-3H,1H3. The maximum absolute atomic E-state index is 12.2. The van der Waals surface area contributed by atoms with Crippen LogP contribution in [0, 0.1) is 0 Å². The molecule has 3 nitrogen and oxygen atoms in total. The quantitative estimate of drug-likeness (QED) is 0.678. The molecule has 0 radical (unpaired) electrons. The molecular formula is C9H5Br3N2OS. The summed E-state index contributed by atoms with van der Waals surface area (Å²) in [6.45, 7) is 0. The first-order chi connectivity index (χ1) is 7.50. The van der Waals surface area contributed by atoms with Crippen LogP contribution in [0.4, 0.5) is 0 Å². The van der Waals surface area contributed by atoms with E-state index in [0.717, 1.165) is 7.57 Å². The average molecular weight is 429 g/mol. The number of rotatable bonds is 2. The van der Waals surface area contributed by atoms with Crippen LogP contribution in [0.3, 0.4) is 0 Å². The molecule has 2 heterocycles. The maximum Gasteiger partial charge on any atom is 0.214 e. The highest BCUT2D eigenvalue weighted by Gasteiger charge is 2.21. The van der Waals surface area contributed by atoms with Gasteiger partial charge < -0.3 is 0 Å². The zero-order chi connectivity index (χ0) is 11.9. The van der Waals surface area contributed by atoms with Crippen LogP contribution in [0.5, 0.6) is 0 Å². The summed E-state index contributed by atoms with van der Waals surface area (Å²) in [6.07, 6.45) is 1.61. The lowest BCUT2D eigenvalue weighted by atomic mass is 10.2. The molecule has 16 heavy (non-hydrogen) atoms. The van der Waals surface area contributed by atoms with E-state index in [9.17, 15) is 4.79 Å². The first-order valence-corrected chi connectivity index (χ1v) is 7.37. The molecule has 0 aliphatic heterocycles. The van der Waals surface area contributed by atoms with Gasteiger partial charge >= 0.3 is 0 Å². The number of ketones is 1. The molecule has 0 spiro atoms. The SMILES string of the molecule is Cn1ncc(Br)c1C(=O)c1cc(Br)sc1Br. The molecule has 0 aromatic carbocycles. The number of aromatic nitrogens is 2. The molecule has 0 aliphatic carbocycles. The molecule has 2 aromatic heterocycles. The van der Waals surface area contributed by atoms with Crippen molar-refractivity contribution in [3.05, 3.63) is 35.6 Å². The number of aryl methyl sites for hydroxylation is 1. The van der Waals surface area contributed by atoms with E-state index in [-0.39, 0.29) is 5.78 Å². The first-order valence-electron chi connectivity index (χ1n) is 4.17. The number of carbonyl (C=O) groups is 1. The fourth-order valence-electron chi connectivity index (χ4n) is 1.29. The molecule has 0 unspecified atom stereocenters. The van der Waals surface area contributed by atoms with Crippen LogP contribution in [-0.2, 0) is 7.05 Å². The van der Waals surface area contributed by atoms with Gasteiger partial charge in [-0.2, -0.15) is 5.10 Å². The summed E-state index contributed by atoms with van der Waals surface area (Å²) in [5.41, 5.74) is 1.19. The van der Waals surface area contributed by atoms with Gasteiger partial charge in [-0.05, 0) is 53.9 Å². The topological polar surface area (TPSA) is 34.9 Å². The molecule has 0 fully saturated rings. The van der Waals surface area contributed by atoms with Gasteiger partial charge in [-0.3, -0.25) is 9.48 Å². The Morgan fingerprint density at radius 3 is 2.56 bits per heavy atom. The Hall–Kier alpha value is 0.0200. The van der Waals surface area contributed by atoms with Crippen molar-refractivity contribution in [3.8, 4) is 0 Å². The maximum atomic E-state index is 12.2. The molecule has 0 amide bonds. The minimum absolute atomic E-state index is 0.0549. The third kappa shape index (κ3) is 2.18. The third-order valence-electron chi connectivity index (χ3n) is 2.01. The molecule has 84 valence electrons. The minimum atomic E-state index is -0.0549. The molecule has 0 bridgehead atoms. The summed E-state index contributed by atoms with van der Waals surface area (Å²) < 4.78 is 4.00. The highest BCUT2D eigenvalue weighted by molar-refractivity contribution is 9.12. The van der Waals surface area contributed by atoms with E-state index in [0.29, 0.717) is 15.7 Å². The van der Waals surface area contributed by atoms with E-state index in [1.54, 1.807) is 24.0 Å². The summed E-state index contributed by atoms with van der Waals surface area (Å²) in [7, 11) is 1.74. The molecule has 0 saturated carbocycles. The van der Waals surface area contributed by atoms with Gasteiger partial charge in [0, 0.05) is 7.05 Å². The predicted molar refractivity (Wildman–Crippen MR) is 74.1 cm³/mol. The Kier molecular flexibility index (Phi) is 3.68. The van der Waals surface area contributed by atoms with Crippen LogP contribution >= 0.6 is 59.1 Å². The van der Waals surface area contributed by atoms with Crippen molar-refractivity contribution >= 4 is 64.9 Å². The van der Waals surface area contributed by atoms with Crippen LogP contribution in [-0.4, -0.2) is 15.6 Å². The van der Waals surface area contributed by atoms with Crippen LogP contribution in [0.15, 0.2) is 24.3 Å². The molecular weight excluding hydrogens is 424 g/mol. The Morgan fingerprint density at radius 2 is 2.12 bits per heavy atom. The predicted octanol–water partition coefficient (Wildman–Crippen LogP) is 4.00. The van der Waals surface area contributed by atoms with Crippen molar-refractivity contribution in [2.24, 2.45) is 7.05 Å². The van der Waals surface area contributed by atoms with Crippen LogP contribution in [0.1, 0.15) is 16.1 Å². The summed E-state index contributed by atoms with van der Waals surface area (Å²) in [5, 5.41) is 4.02. The van der Waals surface area contributed by atoms with Gasteiger partial charge in [0.05, 0.1) is 23.8 Å². The van der Waals surface area contributed by atoms with Crippen LogP contribution in [0.25, 0.3) is 0 Å². The lowest BCUT2D eigenvalue weighted by Crippen LogP contribution is -2.08. The molecule has 2 rings (SSSR count). The van der Waals surface area contributed by atoms with Gasteiger partial charge in [-0.1, -0.05) is 0 Å². The van der Waals surface area contributed by atoms with Gasteiger partial charge in [0.2, 0.25) is 5.78 Å². The van der Waals surface area contributed by atoms with E-state index in [4.69, 9.17) is 0 Å². The largest absolute Gasteiger partial charge is 0.287 e. The number of carbonyl (C=O) groups excluding carboxylic acids is 1. The highest BCUT2D eigenvalue weighted by Crippen LogP contribution is 2.34. The minimum Gasteiger partial charge on any atom is -0.287 e. The van der Waals surface area contributed by atoms with Gasteiger partial charge in [0.15, 0.2) is 0 Å². The Morgan fingerprint density at radius 1 is 1.44 bits per heavy atom. The number of nitrogens with zero attached hydrogens (tertiary/aromatic N) is 2. The van der Waals surface area contributed by atoms with E-state index in [2.05, 4.69) is 52.9 Å². The third-order valence-corrected chi connectivity index (χ3v) is 4.93. The van der Waals surface area contributed by atoms with Crippen LogP contribution < -0.4 is 0 Å². The average Bonchev–Trinajstić information content (AvgIpc) is 2.70. The molecule has 0 aliphatic rings. The zero-order valence-electron chi connectivity index (χ0n) is 8.00. The molecule has 7 heteroatoms. The Bertz CT molecular complexity index is 542. The monoisotopic (exact) mass is 426 g/mol. The first kappa shape index (κ1) is 12.5. The Labute approximate surface area is 121 Å². The smallest absolute Gasteiger partial charge is 0.214 e. The second-order valence-electron chi connectivity index (χ2n) is 3.03. The van der Waals surface area contributed by atoms with Crippen molar-refractivity contribution in [3.63, 3.8) is 0 Å². The lowest BCUT2D eigenvalue weighted by molar-refractivity contribution is 0.102. The second-order valence-corrected chi connectivity index (χ2v) is 7.64. The molecule has 0 N–H and O–H groups in total. The van der Waals surface area contributed by atoms with E-state index in [1.165, 1.54) is 11.3 Å². The normalized spacial score (nSPS) is 10.8. The number of hydrogen-bond acceptors (Lipinski definition) is 3. The van der Waals surface area contributed by atoms with Crippen molar-refractivity contribution < 1.29 is 4.79 Å². The van der Waals surface area contributed by atoms with E-state index in [1.807, 2.05) is 0 Å². The molecule has 0 saturated heterocycles. The fraction of sp³-hybridized carbons (Fsp3) is 0.111. The van der Waals surface area contributed by atoms with Crippen molar-refractivity contribution in [2.45, 2.75) is 0 Å². The number of thiophene rings is 1. The molecule has 0 atom stereocenters. The van der Waals surface area contributed by atoms with Gasteiger partial charge in [0.25, 0.3) is 0 Å². The van der Waals surface area contributed by atoms with E-state index >= 15 is 0 Å². The number of hydrogen-bond donors (Lipinski definition) is 0. The van der Waals surface area contributed by atoms with Crippen molar-refractivity contribution in [1.29, 1.82) is 0 Å². The summed E-state index contributed by atoms with van der Waals surface area (Å²) >= 11 is 11.5. The lowest BCUT2D eigenvalue weighted by Gasteiger charge is -2.00. The van der Waals surface area contributed by atoms with Gasteiger partial charge in [0.1, 0.15) is 5.69 Å². The van der Waals surface area contributed by atoms with Gasteiger partial charge in [-0.15, -0.1) is 11.3 Å². The highest BCUT2D eigenvalue weighted by atomic mass is 79.9. The van der Waals surface area contributed by atoms with Crippen LogP contribution in [0.2, 0.25) is 0 Å².